The van der Waals surface area contributed by atoms with Crippen LogP contribution in [0.1, 0.15) is 58.8 Å². The van der Waals surface area contributed by atoms with E-state index < -0.39 is 22.4 Å². The fraction of sp³-hybridized carbons (Fsp3) is 0.367. The fourth-order valence-electron chi connectivity index (χ4n) is 5.96. The van der Waals surface area contributed by atoms with Crippen molar-refractivity contribution in [3.63, 3.8) is 0 Å². The van der Waals surface area contributed by atoms with E-state index in [2.05, 4.69) is 26.9 Å². The molecule has 0 aliphatic heterocycles. The third-order valence-corrected chi connectivity index (χ3v) is 9.28. The highest BCUT2D eigenvalue weighted by atomic mass is 32.2. The first kappa shape index (κ1) is 27.3. The average Bonchev–Trinajstić information content (AvgIpc) is 3.27. The Kier molecular flexibility index (Phi) is 8.04. The molecule has 1 fully saturated rings. The number of aliphatic hydroxyl groups is 1. The lowest BCUT2D eigenvalue weighted by Gasteiger charge is -2.41. The van der Waals surface area contributed by atoms with Gasteiger partial charge in [-0.3, -0.25) is 4.79 Å². The van der Waals surface area contributed by atoms with Crippen LogP contribution in [0.15, 0.2) is 78.9 Å². The van der Waals surface area contributed by atoms with Crippen molar-refractivity contribution >= 4 is 16.1 Å². The van der Waals surface area contributed by atoms with Gasteiger partial charge in [-0.25, -0.2) is 0 Å². The van der Waals surface area contributed by atoms with Gasteiger partial charge in [-0.1, -0.05) is 66.7 Å². The van der Waals surface area contributed by atoms with E-state index in [-0.39, 0.29) is 17.4 Å². The van der Waals surface area contributed by atoms with E-state index in [0.717, 1.165) is 16.7 Å². The SMILES string of the molecule is COc1ccccc1C(=O)NCC1(c2ccccc2)CCC(NS(=O)(=O)NC2c3ccccc3C[C@H]2O)CC1. The summed E-state index contributed by atoms with van der Waals surface area (Å²) in [6.45, 7) is 0.427. The lowest BCUT2D eigenvalue weighted by molar-refractivity contribution is 0.0932. The number of hydrogen-bond donors (Lipinski definition) is 4. The highest BCUT2D eigenvalue weighted by Gasteiger charge is 2.39. The van der Waals surface area contributed by atoms with Gasteiger partial charge in [0.15, 0.2) is 0 Å². The third-order valence-electron chi connectivity index (χ3n) is 8.08. The predicted molar refractivity (Wildman–Crippen MR) is 150 cm³/mol. The molecule has 2 atom stereocenters. The van der Waals surface area contributed by atoms with Gasteiger partial charge in [0, 0.05) is 24.4 Å². The molecular weight excluding hydrogens is 514 g/mol. The number of carbonyl (C=O) groups is 1. The molecule has 3 aromatic carbocycles. The molecule has 1 amide bonds. The second-order valence-corrected chi connectivity index (χ2v) is 12.0. The quantitative estimate of drug-likeness (QED) is 0.327. The number of amides is 1. The molecule has 0 radical (unpaired) electrons. The second kappa shape index (κ2) is 11.5. The molecule has 1 saturated carbocycles. The normalized spacial score (nSPS) is 24.6. The topological polar surface area (TPSA) is 117 Å². The van der Waals surface area contributed by atoms with Crippen molar-refractivity contribution in [1.82, 2.24) is 14.8 Å². The first-order valence-corrected chi connectivity index (χ1v) is 14.8. The highest BCUT2D eigenvalue weighted by molar-refractivity contribution is 7.87. The lowest BCUT2D eigenvalue weighted by Crippen LogP contribution is -2.50. The van der Waals surface area contributed by atoms with Crippen LogP contribution in [0, 0.1) is 0 Å². The number of fused-ring (bicyclic) bond motifs is 1. The van der Waals surface area contributed by atoms with E-state index in [1.807, 2.05) is 48.5 Å². The van der Waals surface area contributed by atoms with E-state index in [1.54, 1.807) is 25.3 Å². The highest BCUT2D eigenvalue weighted by Crippen LogP contribution is 2.40. The van der Waals surface area contributed by atoms with Gasteiger partial charge >= 0.3 is 0 Å². The van der Waals surface area contributed by atoms with Crippen molar-refractivity contribution in [3.8, 4) is 5.75 Å². The molecule has 9 heteroatoms. The number of para-hydroxylation sites is 1. The van der Waals surface area contributed by atoms with Gasteiger partial charge in [0.2, 0.25) is 0 Å². The van der Waals surface area contributed by atoms with Gasteiger partial charge in [0.1, 0.15) is 5.75 Å². The maximum atomic E-state index is 13.1. The van der Waals surface area contributed by atoms with Gasteiger partial charge in [0.25, 0.3) is 16.1 Å². The van der Waals surface area contributed by atoms with Gasteiger partial charge in [0.05, 0.1) is 24.8 Å². The minimum atomic E-state index is -3.86. The van der Waals surface area contributed by atoms with Crippen LogP contribution in [0.3, 0.4) is 0 Å². The van der Waals surface area contributed by atoms with Crippen LogP contribution >= 0.6 is 0 Å². The number of nitrogens with one attached hydrogen (secondary N) is 3. The van der Waals surface area contributed by atoms with Crippen LogP contribution in [-0.2, 0) is 22.0 Å². The summed E-state index contributed by atoms with van der Waals surface area (Å²) >= 11 is 0. The van der Waals surface area contributed by atoms with E-state index in [9.17, 15) is 18.3 Å². The van der Waals surface area contributed by atoms with Crippen molar-refractivity contribution in [3.05, 3.63) is 101 Å². The van der Waals surface area contributed by atoms with Crippen molar-refractivity contribution in [2.45, 2.75) is 55.7 Å². The Labute approximate surface area is 230 Å². The zero-order valence-corrected chi connectivity index (χ0v) is 22.8. The molecule has 8 nitrogen and oxygen atoms in total. The van der Waals surface area contributed by atoms with Gasteiger partial charge in [-0.05, 0) is 54.5 Å². The fourth-order valence-corrected chi connectivity index (χ4v) is 7.32. The first-order chi connectivity index (χ1) is 18.8. The summed E-state index contributed by atoms with van der Waals surface area (Å²) in [5.41, 5.74) is 3.04. The van der Waals surface area contributed by atoms with Gasteiger partial charge in [-0.2, -0.15) is 17.9 Å². The zero-order valence-electron chi connectivity index (χ0n) is 22.0. The molecule has 2 aliphatic rings. The molecule has 0 spiro atoms. The Morgan fingerprint density at radius 2 is 1.62 bits per heavy atom. The van der Waals surface area contributed by atoms with Crippen molar-refractivity contribution in [1.29, 1.82) is 0 Å². The molecule has 39 heavy (non-hydrogen) atoms. The molecule has 206 valence electrons. The van der Waals surface area contributed by atoms with Crippen molar-refractivity contribution in [2.24, 2.45) is 0 Å². The Bertz CT molecular complexity index is 1400. The largest absolute Gasteiger partial charge is 0.496 e. The number of aliphatic hydroxyl groups excluding tert-OH is 1. The summed E-state index contributed by atoms with van der Waals surface area (Å²) in [6, 6.07) is 23.8. The summed E-state index contributed by atoms with van der Waals surface area (Å²) < 4.78 is 37.0. The van der Waals surface area contributed by atoms with Gasteiger partial charge < -0.3 is 15.2 Å². The van der Waals surface area contributed by atoms with E-state index >= 15 is 0 Å². The first-order valence-electron chi connectivity index (χ1n) is 13.3. The average molecular weight is 550 g/mol. The number of hydrogen-bond acceptors (Lipinski definition) is 5. The van der Waals surface area contributed by atoms with Crippen molar-refractivity contribution in [2.75, 3.05) is 13.7 Å². The number of ether oxygens (including phenoxy) is 1. The van der Waals surface area contributed by atoms with Crippen LogP contribution in [0.5, 0.6) is 5.75 Å². The number of carbonyl (C=O) groups excluding carboxylic acids is 1. The maximum absolute atomic E-state index is 13.1. The molecule has 0 bridgehead atoms. The Morgan fingerprint density at radius 3 is 2.36 bits per heavy atom. The molecule has 5 rings (SSSR count). The molecule has 0 aromatic heterocycles. The van der Waals surface area contributed by atoms with Crippen molar-refractivity contribution < 1.29 is 23.1 Å². The molecule has 1 unspecified atom stereocenters. The van der Waals surface area contributed by atoms with Crippen LogP contribution < -0.4 is 19.5 Å². The smallest absolute Gasteiger partial charge is 0.277 e. The van der Waals surface area contributed by atoms with Crippen LogP contribution in [0.25, 0.3) is 0 Å². The van der Waals surface area contributed by atoms with E-state index in [1.165, 1.54) is 0 Å². The Morgan fingerprint density at radius 1 is 0.949 bits per heavy atom. The zero-order chi connectivity index (χ0) is 27.5. The van der Waals surface area contributed by atoms with Crippen LogP contribution in [-0.4, -0.2) is 45.2 Å². The van der Waals surface area contributed by atoms with Crippen LogP contribution in [0.2, 0.25) is 0 Å². The molecular formula is C30H35N3O5S. The molecule has 2 aliphatic carbocycles. The number of methoxy groups -OCH3 is 1. The predicted octanol–water partition coefficient (Wildman–Crippen LogP) is 3.39. The summed E-state index contributed by atoms with van der Waals surface area (Å²) in [7, 11) is -2.31. The second-order valence-electron chi connectivity index (χ2n) is 10.5. The standard InChI is InChI=1S/C30H35N3O5S/c1-38-27-14-8-7-13-25(27)29(35)31-20-30(22-10-3-2-4-11-22)17-15-23(16-18-30)32-39(36,37)33-28-24-12-6-5-9-21(24)19-26(28)34/h2-14,23,26,28,32-34H,15-20H2,1H3,(H,31,35)/t23?,26-,28?,30?/m1/s1. The van der Waals surface area contributed by atoms with Gasteiger partial charge in [-0.15, -0.1) is 0 Å². The number of rotatable bonds is 9. The minimum Gasteiger partial charge on any atom is -0.496 e. The molecule has 4 N–H and O–H groups in total. The Hall–Kier alpha value is -3.24. The molecule has 0 heterocycles. The van der Waals surface area contributed by atoms with E-state index in [4.69, 9.17) is 4.74 Å². The molecule has 0 saturated heterocycles. The summed E-state index contributed by atoms with van der Waals surface area (Å²) in [4.78, 5) is 13.1. The summed E-state index contributed by atoms with van der Waals surface area (Å²) in [5, 5.41) is 13.6. The Balaban J connectivity index is 1.26. The molecule has 3 aromatic rings. The maximum Gasteiger partial charge on any atom is 0.277 e. The van der Waals surface area contributed by atoms with Crippen LogP contribution in [0.4, 0.5) is 0 Å². The monoisotopic (exact) mass is 549 g/mol. The summed E-state index contributed by atoms with van der Waals surface area (Å²) in [6.07, 6.45) is 2.25. The lowest BCUT2D eigenvalue weighted by atomic mass is 9.68. The number of benzene rings is 3. The summed E-state index contributed by atoms with van der Waals surface area (Å²) in [5.74, 6) is 0.314. The third kappa shape index (κ3) is 6.01. The minimum absolute atomic E-state index is 0.204. The van der Waals surface area contributed by atoms with E-state index in [0.29, 0.717) is 50.0 Å².